The second-order valence-electron chi connectivity index (χ2n) is 10.4. The van der Waals surface area contributed by atoms with E-state index in [-0.39, 0.29) is 23.6 Å². The maximum Gasteiger partial charge on any atom is 0.251 e. The molecule has 186 valence electrons. The smallest absolute Gasteiger partial charge is 0.251 e. The lowest BCUT2D eigenvalue weighted by molar-refractivity contribution is -0.137. The van der Waals surface area contributed by atoms with Gasteiger partial charge < -0.3 is 10.6 Å². The van der Waals surface area contributed by atoms with Crippen molar-refractivity contribution in [1.82, 2.24) is 4.90 Å². The summed E-state index contributed by atoms with van der Waals surface area (Å²) in [5, 5.41) is 6.53. The maximum atomic E-state index is 14.4. The van der Waals surface area contributed by atoms with Gasteiger partial charge in [0.25, 0.3) is 5.91 Å². The third-order valence-electron chi connectivity index (χ3n) is 8.78. The quantitative estimate of drug-likeness (QED) is 0.480. The van der Waals surface area contributed by atoms with Gasteiger partial charge in [0.15, 0.2) is 5.78 Å². The molecule has 2 amide bonds. The van der Waals surface area contributed by atoms with Crippen molar-refractivity contribution < 1.29 is 18.8 Å². The number of carbonyl (C=O) groups excluding carboxylic acids is 3. The number of hydrogen-bond acceptors (Lipinski definition) is 4. The van der Waals surface area contributed by atoms with Crippen LogP contribution in [0.1, 0.15) is 39.9 Å². The molecule has 0 aliphatic carbocycles. The molecule has 7 rings (SSSR count). The Morgan fingerprint density at radius 3 is 2.57 bits per heavy atom. The third kappa shape index (κ3) is 2.56. The summed E-state index contributed by atoms with van der Waals surface area (Å²) in [6.07, 6.45) is 1.43. The van der Waals surface area contributed by atoms with E-state index in [1.165, 1.54) is 24.3 Å². The molecule has 37 heavy (non-hydrogen) atoms. The molecule has 4 aliphatic heterocycles. The number of rotatable bonds is 2. The van der Waals surface area contributed by atoms with Gasteiger partial charge in [-0.1, -0.05) is 29.8 Å². The Labute approximate surface area is 217 Å². The van der Waals surface area contributed by atoms with E-state index < -0.39 is 22.7 Å². The van der Waals surface area contributed by atoms with Crippen LogP contribution in [0.3, 0.4) is 0 Å². The summed E-state index contributed by atoms with van der Waals surface area (Å²) in [5.74, 6) is -2.32. The van der Waals surface area contributed by atoms with Crippen LogP contribution >= 0.6 is 11.6 Å². The Balaban J connectivity index is 1.60. The number of nitrogens with zero attached hydrogens (tertiary/aromatic N) is 1. The van der Waals surface area contributed by atoms with Gasteiger partial charge in [-0.25, -0.2) is 4.39 Å². The van der Waals surface area contributed by atoms with Gasteiger partial charge in [-0.05, 0) is 79.9 Å². The fourth-order valence-corrected chi connectivity index (χ4v) is 7.88. The molecule has 4 atom stereocenters. The lowest BCUT2D eigenvalue weighted by atomic mass is 9.57. The molecule has 8 heteroatoms. The van der Waals surface area contributed by atoms with E-state index in [4.69, 9.17) is 11.6 Å². The molecule has 6 nitrogen and oxygen atoms in total. The van der Waals surface area contributed by atoms with Gasteiger partial charge in [0.1, 0.15) is 16.8 Å². The van der Waals surface area contributed by atoms with Crippen LogP contribution in [0.5, 0.6) is 0 Å². The van der Waals surface area contributed by atoms with Gasteiger partial charge in [0.05, 0.1) is 5.92 Å². The van der Waals surface area contributed by atoms with Crippen LogP contribution in [0.2, 0.25) is 5.02 Å². The number of fused-ring (bicyclic) bond motifs is 7. The standard InChI is InChI=1S/C29H23ClFN3O3/c1-15-13-17(30)14-20-24(15)33-27(37)29(20)28(19-5-2-3-6-21(19)32-26(28)36)23(22-7-4-12-34(22)29)25(35)16-8-10-18(31)11-9-16/h2-3,5-6,8-11,13-14,22-23H,4,7,12H2,1H3,(H,32,36)(H,33,37). The van der Waals surface area contributed by atoms with Crippen LogP contribution in [-0.2, 0) is 20.5 Å². The third-order valence-corrected chi connectivity index (χ3v) is 9.00. The molecule has 2 N–H and O–H groups in total. The lowest BCUT2D eigenvalue weighted by Gasteiger charge is -2.43. The SMILES string of the molecule is Cc1cc(Cl)cc2c1NC(=O)C21N2CCCC2C(C(=O)c2ccc(F)cc2)C12C(=O)Nc1ccccc12. The van der Waals surface area contributed by atoms with Crippen molar-refractivity contribution in [3.05, 3.63) is 93.8 Å². The van der Waals surface area contributed by atoms with Crippen LogP contribution in [-0.4, -0.2) is 35.1 Å². The van der Waals surface area contributed by atoms with Gasteiger partial charge >= 0.3 is 0 Å². The highest BCUT2D eigenvalue weighted by molar-refractivity contribution is 6.31. The molecule has 0 bridgehead atoms. The number of ketones is 1. The Bertz CT molecular complexity index is 1540. The number of nitrogens with one attached hydrogen (secondary N) is 2. The molecule has 2 saturated heterocycles. The Kier molecular flexibility index (Phi) is 4.58. The molecule has 0 aromatic heterocycles. The monoisotopic (exact) mass is 515 g/mol. The summed E-state index contributed by atoms with van der Waals surface area (Å²) in [6, 6.07) is 15.9. The number of anilines is 2. The Hall–Kier alpha value is -3.55. The van der Waals surface area contributed by atoms with Crippen molar-refractivity contribution in [1.29, 1.82) is 0 Å². The zero-order valence-corrected chi connectivity index (χ0v) is 20.7. The number of halogens is 2. The summed E-state index contributed by atoms with van der Waals surface area (Å²) >= 11 is 6.56. The van der Waals surface area contributed by atoms with Gasteiger partial charge in [-0.2, -0.15) is 0 Å². The van der Waals surface area contributed by atoms with Gasteiger partial charge in [0.2, 0.25) is 5.91 Å². The zero-order chi connectivity index (χ0) is 25.7. The average Bonchev–Trinajstić information content (AvgIpc) is 3.59. The second-order valence-corrected chi connectivity index (χ2v) is 10.8. The summed E-state index contributed by atoms with van der Waals surface area (Å²) in [4.78, 5) is 45.3. The first-order valence-electron chi connectivity index (χ1n) is 12.4. The summed E-state index contributed by atoms with van der Waals surface area (Å²) in [7, 11) is 0. The molecule has 3 aromatic rings. The molecule has 4 heterocycles. The lowest BCUT2D eigenvalue weighted by Crippen LogP contribution is -2.62. The van der Waals surface area contributed by atoms with E-state index in [0.717, 1.165) is 12.0 Å². The van der Waals surface area contributed by atoms with E-state index in [1.54, 1.807) is 18.2 Å². The van der Waals surface area contributed by atoms with Crippen molar-refractivity contribution in [2.24, 2.45) is 5.92 Å². The fourth-order valence-electron chi connectivity index (χ4n) is 7.61. The van der Waals surface area contributed by atoms with Crippen molar-refractivity contribution in [2.75, 3.05) is 17.2 Å². The number of Topliss-reactive ketones (excluding diaryl/α,β-unsaturated/α-hetero) is 1. The first-order chi connectivity index (χ1) is 17.8. The van der Waals surface area contributed by atoms with Crippen LogP contribution in [0.15, 0.2) is 60.7 Å². The summed E-state index contributed by atoms with van der Waals surface area (Å²) < 4.78 is 13.8. The van der Waals surface area contributed by atoms with E-state index in [0.29, 0.717) is 46.1 Å². The predicted molar refractivity (Wildman–Crippen MR) is 137 cm³/mol. The van der Waals surface area contributed by atoms with Crippen LogP contribution in [0.4, 0.5) is 15.8 Å². The predicted octanol–water partition coefficient (Wildman–Crippen LogP) is 4.80. The first-order valence-corrected chi connectivity index (χ1v) is 12.8. The van der Waals surface area contributed by atoms with Gasteiger partial charge in [-0.15, -0.1) is 0 Å². The van der Waals surface area contributed by atoms with Crippen molar-refractivity contribution >= 4 is 40.6 Å². The number of amides is 2. The van der Waals surface area contributed by atoms with Crippen LogP contribution in [0, 0.1) is 18.7 Å². The molecule has 0 saturated carbocycles. The topological polar surface area (TPSA) is 78.5 Å². The summed E-state index contributed by atoms with van der Waals surface area (Å²) in [6.45, 7) is 2.42. The van der Waals surface area contributed by atoms with Crippen LogP contribution in [0.25, 0.3) is 0 Å². The minimum Gasteiger partial charge on any atom is -0.325 e. The molecule has 2 fully saturated rings. The molecule has 4 aliphatic rings. The Morgan fingerprint density at radius 1 is 1.03 bits per heavy atom. The van der Waals surface area contributed by atoms with E-state index in [1.807, 2.05) is 25.1 Å². The largest absolute Gasteiger partial charge is 0.325 e. The molecule has 2 spiro atoms. The van der Waals surface area contributed by atoms with Gasteiger partial charge in [-0.3, -0.25) is 19.3 Å². The Morgan fingerprint density at radius 2 is 1.78 bits per heavy atom. The van der Waals surface area contributed by atoms with Crippen molar-refractivity contribution in [3.63, 3.8) is 0 Å². The van der Waals surface area contributed by atoms with E-state index >= 15 is 0 Å². The normalized spacial score (nSPS) is 29.4. The number of benzene rings is 3. The zero-order valence-electron chi connectivity index (χ0n) is 20.0. The number of para-hydroxylation sites is 1. The minimum atomic E-state index is -1.55. The second kappa shape index (κ2) is 7.49. The number of hydrogen-bond donors (Lipinski definition) is 2. The summed E-state index contributed by atoms with van der Waals surface area (Å²) in [5.41, 5.74) is 0.539. The first kappa shape index (κ1) is 22.6. The molecular weight excluding hydrogens is 493 g/mol. The van der Waals surface area contributed by atoms with Crippen LogP contribution < -0.4 is 10.6 Å². The number of carbonyl (C=O) groups is 3. The average molecular weight is 516 g/mol. The molecule has 0 radical (unpaired) electrons. The van der Waals surface area contributed by atoms with E-state index in [2.05, 4.69) is 15.5 Å². The number of aryl methyl sites for hydroxylation is 1. The molecule has 4 unspecified atom stereocenters. The molecular formula is C29H23ClFN3O3. The van der Waals surface area contributed by atoms with Gasteiger partial charge in [0, 0.05) is 33.6 Å². The maximum absolute atomic E-state index is 14.4. The molecule has 3 aromatic carbocycles. The van der Waals surface area contributed by atoms with Crippen molar-refractivity contribution in [3.8, 4) is 0 Å². The van der Waals surface area contributed by atoms with E-state index in [9.17, 15) is 18.8 Å². The highest BCUT2D eigenvalue weighted by atomic mass is 35.5. The highest BCUT2D eigenvalue weighted by Crippen LogP contribution is 2.68. The minimum absolute atomic E-state index is 0.277. The van der Waals surface area contributed by atoms with Crippen molar-refractivity contribution in [2.45, 2.75) is 36.8 Å². The highest BCUT2D eigenvalue weighted by Gasteiger charge is 2.81. The fraction of sp³-hybridized carbons (Fsp3) is 0.276.